The summed E-state index contributed by atoms with van der Waals surface area (Å²) in [5.41, 5.74) is 0. The van der Waals surface area contributed by atoms with E-state index >= 15 is 0 Å². The molecule has 1 fully saturated rings. The predicted octanol–water partition coefficient (Wildman–Crippen LogP) is 1.02. The van der Waals surface area contributed by atoms with Crippen LogP contribution in [0.5, 0.6) is 5.88 Å². The molecule has 64 valence electrons. The van der Waals surface area contributed by atoms with Crippen molar-refractivity contribution in [1.29, 1.82) is 0 Å². The molecule has 0 spiro atoms. The highest BCUT2D eigenvalue weighted by Gasteiger charge is 2.20. The molecule has 0 radical (unpaired) electrons. The van der Waals surface area contributed by atoms with E-state index in [0.29, 0.717) is 4.60 Å². The van der Waals surface area contributed by atoms with E-state index in [-0.39, 0.29) is 5.88 Å². The van der Waals surface area contributed by atoms with Gasteiger partial charge in [0, 0.05) is 0 Å². The summed E-state index contributed by atoms with van der Waals surface area (Å²) < 4.78 is 46.6. The Morgan fingerprint density at radius 1 is 1.67 bits per heavy atom. The second-order valence-electron chi connectivity index (χ2n) is 1.91. The first kappa shape index (κ1) is 4.02. The van der Waals surface area contributed by atoms with Crippen molar-refractivity contribution in [2.45, 2.75) is 6.08 Å². The van der Waals surface area contributed by atoms with E-state index in [1.165, 1.54) is 6.20 Å². The van der Waals surface area contributed by atoms with E-state index < -0.39 is 19.2 Å². The smallest absolute Gasteiger partial charge is 0.232 e. The Labute approximate surface area is 85.1 Å². The van der Waals surface area contributed by atoms with E-state index in [4.69, 9.17) is 11.6 Å². The molecule has 0 N–H and O–H groups in total. The van der Waals surface area contributed by atoms with Gasteiger partial charge in [0.2, 0.25) is 5.88 Å². The lowest BCUT2D eigenvalue weighted by atomic mass is 10.3. The largest absolute Gasteiger partial charge is 0.468 e. The van der Waals surface area contributed by atoms with Gasteiger partial charge < -0.3 is 9.47 Å². The first-order valence-electron chi connectivity index (χ1n) is 5.55. The van der Waals surface area contributed by atoms with Gasteiger partial charge in [0.05, 0.1) is 32.4 Å². The SMILES string of the molecule is [2H]C1([2H])OC([2H])([2H])C1([2H])Oc1cnc(Br)cn1. The van der Waals surface area contributed by atoms with Crippen molar-refractivity contribution in [3.63, 3.8) is 0 Å². The normalized spacial score (nSPS) is 34.2. The maximum atomic E-state index is 7.68. The monoisotopic (exact) mass is 235 g/mol. The van der Waals surface area contributed by atoms with Crippen LogP contribution in [0, 0.1) is 0 Å². The zero-order valence-electron chi connectivity index (χ0n) is 10.7. The minimum Gasteiger partial charge on any atom is -0.468 e. The van der Waals surface area contributed by atoms with Gasteiger partial charge in [-0.25, -0.2) is 9.97 Å². The van der Waals surface area contributed by atoms with Gasteiger partial charge in [-0.15, -0.1) is 0 Å². The average molecular weight is 236 g/mol. The molecule has 1 aromatic rings. The molecule has 4 nitrogen and oxygen atoms in total. The highest BCUT2D eigenvalue weighted by Crippen LogP contribution is 2.13. The van der Waals surface area contributed by atoms with Crippen LogP contribution in [0.1, 0.15) is 6.85 Å². The number of nitrogens with zero attached hydrogens (tertiary/aromatic N) is 2. The molecule has 1 aliphatic heterocycles. The highest BCUT2D eigenvalue weighted by molar-refractivity contribution is 9.10. The van der Waals surface area contributed by atoms with Crippen LogP contribution in [0.15, 0.2) is 17.0 Å². The van der Waals surface area contributed by atoms with Crippen LogP contribution in [-0.4, -0.2) is 29.2 Å². The number of hydrogen-bond acceptors (Lipinski definition) is 4. The molecule has 0 atom stereocenters. The van der Waals surface area contributed by atoms with E-state index in [9.17, 15) is 0 Å². The fraction of sp³-hybridized carbons (Fsp3) is 0.429. The number of hydrogen-bond donors (Lipinski definition) is 0. The first-order valence-corrected chi connectivity index (χ1v) is 3.84. The van der Waals surface area contributed by atoms with Crippen molar-refractivity contribution in [3.8, 4) is 5.88 Å². The molecule has 2 heterocycles. The highest BCUT2D eigenvalue weighted by atomic mass is 79.9. The lowest BCUT2D eigenvalue weighted by molar-refractivity contribution is -0.0814. The Hall–Kier alpha value is -0.680. The number of halogens is 1. The van der Waals surface area contributed by atoms with Crippen LogP contribution < -0.4 is 4.74 Å². The van der Waals surface area contributed by atoms with Crippen LogP contribution in [0.3, 0.4) is 0 Å². The fourth-order valence-electron chi connectivity index (χ4n) is 0.592. The Bertz CT molecular complexity index is 426. The maximum Gasteiger partial charge on any atom is 0.232 e. The van der Waals surface area contributed by atoms with Crippen LogP contribution in [-0.2, 0) is 4.74 Å². The number of aromatic nitrogens is 2. The molecule has 5 heteroatoms. The van der Waals surface area contributed by atoms with Gasteiger partial charge in [0.1, 0.15) is 10.7 Å². The summed E-state index contributed by atoms with van der Waals surface area (Å²) in [5, 5.41) is 0. The summed E-state index contributed by atoms with van der Waals surface area (Å²) >= 11 is 3.05. The zero-order valence-corrected chi connectivity index (χ0v) is 7.33. The third kappa shape index (κ3) is 1.73. The average Bonchev–Trinajstić information content (AvgIpc) is 2.19. The molecule has 1 saturated heterocycles. The van der Waals surface area contributed by atoms with Crippen molar-refractivity contribution >= 4 is 15.9 Å². The molecule has 1 aliphatic rings. The van der Waals surface area contributed by atoms with Crippen molar-refractivity contribution in [3.05, 3.63) is 17.0 Å². The Balaban J connectivity index is 2.25. The topological polar surface area (TPSA) is 44.2 Å². The minimum atomic E-state index is -2.55. The predicted molar refractivity (Wildman–Crippen MR) is 45.0 cm³/mol. The summed E-state index contributed by atoms with van der Waals surface area (Å²) in [6.45, 7) is -5.10. The molecule has 1 aromatic heterocycles. The molecule has 0 saturated carbocycles. The van der Waals surface area contributed by atoms with Gasteiger partial charge in [-0.1, -0.05) is 0 Å². The fourth-order valence-corrected chi connectivity index (χ4v) is 0.797. The van der Waals surface area contributed by atoms with Crippen LogP contribution in [0.2, 0.25) is 0 Å². The quantitative estimate of drug-likeness (QED) is 0.768. The maximum absolute atomic E-state index is 7.68. The van der Waals surface area contributed by atoms with Crippen LogP contribution in [0.4, 0.5) is 0 Å². The summed E-state index contributed by atoms with van der Waals surface area (Å²) in [6.07, 6.45) is -0.0588. The summed E-state index contributed by atoms with van der Waals surface area (Å²) in [4.78, 5) is 7.51. The molecule has 0 amide bonds. The third-order valence-corrected chi connectivity index (χ3v) is 1.50. The van der Waals surface area contributed by atoms with Crippen LogP contribution >= 0.6 is 15.9 Å². The number of ether oxygens (including phenoxy) is 2. The van der Waals surface area contributed by atoms with E-state index in [2.05, 4.69) is 30.6 Å². The molecular formula is C7H7BrN2O2. The third-order valence-electron chi connectivity index (χ3n) is 1.09. The second kappa shape index (κ2) is 3.37. The Morgan fingerprint density at radius 3 is 3.08 bits per heavy atom. The molecule has 2 rings (SSSR count). The van der Waals surface area contributed by atoms with Crippen molar-refractivity contribution < 1.29 is 16.3 Å². The molecule has 0 bridgehead atoms. The van der Waals surface area contributed by atoms with Gasteiger partial charge in [0.25, 0.3) is 0 Å². The lowest BCUT2D eigenvalue weighted by Crippen LogP contribution is -2.38. The first-order chi connectivity index (χ1) is 7.68. The number of rotatable bonds is 2. The minimum absolute atomic E-state index is 0.153. The molecule has 0 aromatic carbocycles. The van der Waals surface area contributed by atoms with Crippen molar-refractivity contribution in [1.82, 2.24) is 9.97 Å². The lowest BCUT2D eigenvalue weighted by Gasteiger charge is -2.25. The van der Waals surface area contributed by atoms with E-state index in [1.54, 1.807) is 0 Å². The summed E-state index contributed by atoms with van der Waals surface area (Å²) in [7, 11) is 0. The van der Waals surface area contributed by atoms with Gasteiger partial charge in [-0.05, 0) is 15.9 Å². The van der Waals surface area contributed by atoms with Crippen molar-refractivity contribution in [2.75, 3.05) is 13.1 Å². The van der Waals surface area contributed by atoms with Crippen molar-refractivity contribution in [2.24, 2.45) is 0 Å². The summed E-state index contributed by atoms with van der Waals surface area (Å²) in [5.74, 6) is -0.153. The summed E-state index contributed by atoms with van der Waals surface area (Å²) in [6, 6.07) is 0. The zero-order chi connectivity index (χ0) is 12.9. The van der Waals surface area contributed by atoms with Gasteiger partial charge >= 0.3 is 0 Å². The molecule has 12 heavy (non-hydrogen) atoms. The van der Waals surface area contributed by atoms with E-state index in [1.807, 2.05) is 0 Å². The van der Waals surface area contributed by atoms with Gasteiger partial charge in [-0.2, -0.15) is 0 Å². The molecule has 0 unspecified atom stereocenters. The second-order valence-corrected chi connectivity index (χ2v) is 2.73. The van der Waals surface area contributed by atoms with E-state index in [0.717, 1.165) is 6.20 Å². The van der Waals surface area contributed by atoms with Gasteiger partial charge in [-0.3, -0.25) is 0 Å². The standard InChI is InChI=1S/C7H7BrN2O2/c8-6-1-10-7(2-9-6)12-5-3-11-4-5/h1-2,5H,3-4H2/i3D2,4D2,5D. The Kier molecular flexibility index (Phi) is 1.13. The van der Waals surface area contributed by atoms with Gasteiger partial charge in [0.15, 0.2) is 0 Å². The van der Waals surface area contributed by atoms with Crippen LogP contribution in [0.25, 0.3) is 0 Å². The Morgan fingerprint density at radius 2 is 2.50 bits per heavy atom. The molecular weight excluding hydrogens is 224 g/mol. The molecule has 0 aliphatic carbocycles.